The fraction of sp³-hybridized carbons (Fsp3) is 0.200. The van der Waals surface area contributed by atoms with Crippen LogP contribution in [0.5, 0.6) is 0 Å². The molecule has 0 bridgehead atoms. The summed E-state index contributed by atoms with van der Waals surface area (Å²) >= 11 is 5.05. The van der Waals surface area contributed by atoms with E-state index in [0.29, 0.717) is 5.69 Å². The predicted molar refractivity (Wildman–Crippen MR) is 68.2 cm³/mol. The fourth-order valence-corrected chi connectivity index (χ4v) is 2.24. The molecule has 2 aromatic rings. The van der Waals surface area contributed by atoms with E-state index < -0.39 is 0 Å². The third-order valence-corrected chi connectivity index (χ3v) is 3.62. The minimum atomic E-state index is 0.618. The van der Waals surface area contributed by atoms with E-state index in [1.807, 2.05) is 19.2 Å². The van der Waals surface area contributed by atoms with E-state index in [2.05, 4.69) is 25.9 Å². The van der Waals surface area contributed by atoms with Crippen molar-refractivity contribution in [1.82, 2.24) is 9.97 Å². The van der Waals surface area contributed by atoms with Gasteiger partial charge in [0.05, 0.1) is 26.9 Å². The van der Waals surface area contributed by atoms with Crippen molar-refractivity contribution in [3.8, 4) is 0 Å². The molecule has 0 aliphatic heterocycles. The molecule has 3 nitrogen and oxygen atoms in total. The van der Waals surface area contributed by atoms with E-state index >= 15 is 0 Å². The molecule has 0 aliphatic carbocycles. The third kappa shape index (κ3) is 1.81. The molecule has 78 valence electrons. The van der Waals surface area contributed by atoms with Gasteiger partial charge in [-0.3, -0.25) is 4.98 Å². The number of aryl methyl sites for hydroxylation is 1. The van der Waals surface area contributed by atoms with Gasteiger partial charge in [0.15, 0.2) is 0 Å². The zero-order valence-electron chi connectivity index (χ0n) is 8.41. The van der Waals surface area contributed by atoms with Gasteiger partial charge in [0, 0.05) is 0 Å². The average Bonchev–Trinajstić information content (AvgIpc) is 2.23. The summed E-state index contributed by atoms with van der Waals surface area (Å²) in [6, 6.07) is 2.03. The topological polar surface area (TPSA) is 51.8 Å². The molecule has 0 aliphatic rings. The van der Waals surface area contributed by atoms with E-state index in [4.69, 9.17) is 5.73 Å². The molecule has 0 aromatic carbocycles. The second-order valence-electron chi connectivity index (χ2n) is 3.21. The molecule has 0 unspecified atom stereocenters. The van der Waals surface area contributed by atoms with Crippen LogP contribution in [0.2, 0.25) is 0 Å². The number of hydrogen-bond acceptors (Lipinski definition) is 4. The minimum Gasteiger partial charge on any atom is -0.396 e. The molecule has 15 heavy (non-hydrogen) atoms. The Morgan fingerprint density at radius 1 is 1.40 bits per heavy atom. The van der Waals surface area contributed by atoms with Crippen LogP contribution in [0.3, 0.4) is 0 Å². The van der Waals surface area contributed by atoms with Gasteiger partial charge >= 0.3 is 0 Å². The zero-order valence-corrected chi connectivity index (χ0v) is 10.8. The van der Waals surface area contributed by atoms with Crippen molar-refractivity contribution >= 4 is 44.4 Å². The molecule has 0 saturated heterocycles. The van der Waals surface area contributed by atoms with E-state index in [0.717, 1.165) is 26.1 Å². The van der Waals surface area contributed by atoms with Crippen LogP contribution >= 0.6 is 27.7 Å². The number of thioether (sulfide) groups is 1. The average molecular weight is 284 g/mol. The van der Waals surface area contributed by atoms with Crippen LogP contribution in [0.4, 0.5) is 5.69 Å². The van der Waals surface area contributed by atoms with Gasteiger partial charge in [-0.1, -0.05) is 0 Å². The molecular formula is C10H10BrN3S. The molecule has 2 N–H and O–H groups in total. The Kier molecular flexibility index (Phi) is 2.84. The molecule has 5 heteroatoms. The van der Waals surface area contributed by atoms with E-state index in [1.165, 1.54) is 0 Å². The van der Waals surface area contributed by atoms with Gasteiger partial charge in [-0.2, -0.15) is 0 Å². The van der Waals surface area contributed by atoms with Crippen molar-refractivity contribution in [3.05, 3.63) is 22.3 Å². The Labute approximate surface area is 101 Å². The summed E-state index contributed by atoms with van der Waals surface area (Å²) in [6.45, 7) is 2.03. The van der Waals surface area contributed by atoms with Gasteiger partial charge in [-0.15, -0.1) is 11.8 Å². The van der Waals surface area contributed by atoms with Gasteiger partial charge in [-0.05, 0) is 40.7 Å². The minimum absolute atomic E-state index is 0.618. The molecule has 2 heterocycles. The number of nitrogens with two attached hydrogens (primary N) is 1. The van der Waals surface area contributed by atoms with Crippen molar-refractivity contribution in [1.29, 1.82) is 0 Å². The molecule has 0 amide bonds. The van der Waals surface area contributed by atoms with Gasteiger partial charge in [0.25, 0.3) is 0 Å². The third-order valence-electron chi connectivity index (χ3n) is 2.16. The Morgan fingerprint density at radius 2 is 2.13 bits per heavy atom. The van der Waals surface area contributed by atoms with Crippen LogP contribution in [0.1, 0.15) is 5.56 Å². The number of nitrogen functional groups attached to an aromatic ring is 1. The summed E-state index contributed by atoms with van der Waals surface area (Å²) in [5.74, 6) is 0. The van der Waals surface area contributed by atoms with E-state index in [-0.39, 0.29) is 0 Å². The molecule has 0 fully saturated rings. The Morgan fingerprint density at radius 3 is 2.80 bits per heavy atom. The highest BCUT2D eigenvalue weighted by molar-refractivity contribution is 9.10. The van der Waals surface area contributed by atoms with Crippen molar-refractivity contribution in [2.45, 2.75) is 11.9 Å². The lowest BCUT2D eigenvalue weighted by Crippen LogP contribution is -1.95. The second-order valence-corrected chi connectivity index (χ2v) is 4.83. The van der Waals surface area contributed by atoms with Crippen LogP contribution in [-0.2, 0) is 0 Å². The lowest BCUT2D eigenvalue weighted by Gasteiger charge is -2.06. The molecule has 2 rings (SSSR count). The lowest BCUT2D eigenvalue weighted by molar-refractivity contribution is 1.15. The number of hydrogen-bond donors (Lipinski definition) is 1. The molecule has 0 saturated carbocycles. The number of fused-ring (bicyclic) bond motifs is 1. The first-order chi connectivity index (χ1) is 7.13. The quantitative estimate of drug-likeness (QED) is 0.818. The fourth-order valence-electron chi connectivity index (χ4n) is 1.38. The molecular weight excluding hydrogens is 274 g/mol. The second kappa shape index (κ2) is 3.98. The van der Waals surface area contributed by atoms with Crippen LogP contribution in [0.15, 0.2) is 21.8 Å². The van der Waals surface area contributed by atoms with Crippen LogP contribution in [0, 0.1) is 6.92 Å². The van der Waals surface area contributed by atoms with Crippen LogP contribution in [-0.4, -0.2) is 16.2 Å². The monoisotopic (exact) mass is 283 g/mol. The highest BCUT2D eigenvalue weighted by atomic mass is 79.9. The summed E-state index contributed by atoms with van der Waals surface area (Å²) in [5.41, 5.74) is 9.24. The van der Waals surface area contributed by atoms with Crippen LogP contribution in [0.25, 0.3) is 11.0 Å². The molecule has 0 atom stereocenters. The van der Waals surface area contributed by atoms with Gasteiger partial charge < -0.3 is 5.73 Å². The zero-order chi connectivity index (χ0) is 11.0. The number of nitrogens with zero attached hydrogens (tertiary/aromatic N) is 2. The first kappa shape index (κ1) is 10.7. The Balaban J connectivity index is 2.86. The maximum Gasteiger partial charge on any atom is 0.107 e. The first-order valence-corrected chi connectivity index (χ1v) is 6.40. The largest absolute Gasteiger partial charge is 0.396 e. The highest BCUT2D eigenvalue weighted by Gasteiger charge is 2.09. The van der Waals surface area contributed by atoms with E-state index in [9.17, 15) is 0 Å². The number of anilines is 1. The SMILES string of the molecule is CSc1cc(C)c2ncc(N)c(Br)c2n1. The normalized spacial score (nSPS) is 10.9. The van der Waals surface area contributed by atoms with Crippen molar-refractivity contribution < 1.29 is 0 Å². The Hall–Kier alpha value is -0.810. The summed E-state index contributed by atoms with van der Waals surface area (Å²) in [6.07, 6.45) is 3.65. The first-order valence-electron chi connectivity index (χ1n) is 4.39. The smallest absolute Gasteiger partial charge is 0.107 e. The maximum absolute atomic E-state index is 5.77. The van der Waals surface area contributed by atoms with Gasteiger partial charge in [0.1, 0.15) is 5.52 Å². The Bertz CT molecular complexity index is 528. The number of pyridine rings is 2. The van der Waals surface area contributed by atoms with Crippen molar-refractivity contribution in [3.63, 3.8) is 0 Å². The number of aromatic nitrogens is 2. The van der Waals surface area contributed by atoms with Gasteiger partial charge in [-0.25, -0.2) is 4.98 Å². The van der Waals surface area contributed by atoms with Crippen molar-refractivity contribution in [2.75, 3.05) is 12.0 Å². The van der Waals surface area contributed by atoms with E-state index in [1.54, 1.807) is 18.0 Å². The summed E-state index contributed by atoms with van der Waals surface area (Å²) in [7, 11) is 0. The number of rotatable bonds is 1. The predicted octanol–water partition coefficient (Wildman–Crippen LogP) is 3.00. The van der Waals surface area contributed by atoms with Crippen LogP contribution < -0.4 is 5.73 Å². The van der Waals surface area contributed by atoms with Crippen molar-refractivity contribution in [2.24, 2.45) is 0 Å². The number of halogens is 1. The molecule has 0 radical (unpaired) electrons. The molecule has 0 spiro atoms. The van der Waals surface area contributed by atoms with Gasteiger partial charge in [0.2, 0.25) is 0 Å². The molecule has 2 aromatic heterocycles. The standard InChI is InChI=1S/C10H10BrN3S/c1-5-3-7(15-2)14-10-8(11)6(12)4-13-9(5)10/h3-4H,12H2,1-2H3. The maximum atomic E-state index is 5.77. The summed E-state index contributed by atoms with van der Waals surface area (Å²) < 4.78 is 0.825. The summed E-state index contributed by atoms with van der Waals surface area (Å²) in [4.78, 5) is 8.78. The summed E-state index contributed by atoms with van der Waals surface area (Å²) in [5, 5.41) is 0.980. The highest BCUT2D eigenvalue weighted by Crippen LogP contribution is 2.29. The lowest BCUT2D eigenvalue weighted by atomic mass is 10.2.